The van der Waals surface area contributed by atoms with Crippen LogP contribution >= 0.6 is 0 Å². The fraction of sp³-hybridized carbons (Fsp3) is 0.596. The van der Waals surface area contributed by atoms with E-state index in [0.29, 0.717) is 48.0 Å². The molecule has 1 aliphatic heterocycles. The minimum Gasteiger partial charge on any atom is -0.543 e. The van der Waals surface area contributed by atoms with Crippen LogP contribution in [0.3, 0.4) is 0 Å². The minimum atomic E-state index is -2.28. The molecular weight excluding hydrogens is 851 g/mol. The first-order chi connectivity index (χ1) is 30.9. The molecule has 6 atom stereocenters. The van der Waals surface area contributed by atoms with Crippen LogP contribution in [-0.4, -0.2) is 85.4 Å². The molecule has 364 valence electrons. The Hall–Kier alpha value is -5.11. The van der Waals surface area contributed by atoms with Gasteiger partial charge in [0, 0.05) is 48.9 Å². The van der Waals surface area contributed by atoms with Crippen LogP contribution in [0.1, 0.15) is 139 Å². The molecule has 2 heterocycles. The summed E-state index contributed by atoms with van der Waals surface area (Å²) in [6, 6.07) is 12.6. The SMILES string of the molecule is C/C1=C\[C@@H](C)[C@@H](C)OC(=O)C[C@H](c2ccc(O[Si](C(C)C)(C(C)C)C(C)C)cc2)NC(=O)[C@@H](Cc2c[nH]c3ccccc23)N(C)C(=O)[C@H](CCCCNC(=O)OC(C)(C)C)NC(=O)[C@@H](C)C1. The quantitative estimate of drug-likeness (QED) is 0.0569. The number of nitrogens with one attached hydrogen (secondary N) is 4. The van der Waals surface area contributed by atoms with Crippen LogP contribution in [-0.2, 0) is 35.1 Å². The summed E-state index contributed by atoms with van der Waals surface area (Å²) in [4.78, 5) is 74.7. The second-order valence-corrected chi connectivity index (χ2v) is 25.8. The zero-order chi connectivity index (χ0) is 49.1. The molecule has 0 unspecified atom stereocenters. The molecule has 4 amide bonds. The molecule has 1 aromatic heterocycles. The van der Waals surface area contributed by atoms with Crippen molar-refractivity contribution in [2.75, 3.05) is 13.6 Å². The van der Waals surface area contributed by atoms with Gasteiger partial charge in [-0.1, -0.05) is 97.4 Å². The minimum absolute atomic E-state index is 0.143. The molecular formula is C52H79N5O8Si. The first-order valence-electron chi connectivity index (χ1n) is 24.0. The number of aromatic amines is 1. The summed E-state index contributed by atoms with van der Waals surface area (Å²) in [5.41, 5.74) is 3.79. The summed E-state index contributed by atoms with van der Waals surface area (Å²) in [6.07, 6.45) is 4.53. The van der Waals surface area contributed by atoms with Crippen LogP contribution in [0.5, 0.6) is 5.75 Å². The number of para-hydroxylation sites is 1. The number of unbranched alkanes of at least 4 members (excludes halogenated alkanes) is 1. The highest BCUT2D eigenvalue weighted by molar-refractivity contribution is 6.78. The van der Waals surface area contributed by atoms with E-state index in [2.05, 4.69) is 62.5 Å². The number of likely N-dealkylation sites (N-methyl/N-ethyl adjacent to an activating group) is 1. The molecule has 4 rings (SSSR count). The average Bonchev–Trinajstić information content (AvgIpc) is 3.64. The predicted octanol–water partition coefficient (Wildman–Crippen LogP) is 10.1. The lowest BCUT2D eigenvalue weighted by Gasteiger charge is -2.42. The summed E-state index contributed by atoms with van der Waals surface area (Å²) in [5, 5.41) is 9.90. The summed E-state index contributed by atoms with van der Waals surface area (Å²) < 4.78 is 18.4. The van der Waals surface area contributed by atoms with Crippen LogP contribution in [0.15, 0.2) is 66.4 Å². The Bertz CT molecular complexity index is 2120. The van der Waals surface area contributed by atoms with Crippen molar-refractivity contribution in [2.24, 2.45) is 11.8 Å². The van der Waals surface area contributed by atoms with Gasteiger partial charge in [0.05, 0.1) is 12.5 Å². The first kappa shape index (κ1) is 53.5. The number of hydrogen-bond acceptors (Lipinski definition) is 8. The molecule has 3 aromatic rings. The van der Waals surface area contributed by atoms with E-state index < -0.39 is 67.9 Å². The maximum Gasteiger partial charge on any atom is 0.407 e. The number of carbonyl (C=O) groups excluding carboxylic acids is 5. The van der Waals surface area contributed by atoms with Crippen LogP contribution in [0.25, 0.3) is 10.9 Å². The average molecular weight is 930 g/mol. The summed E-state index contributed by atoms with van der Waals surface area (Å²) in [7, 11) is -0.688. The smallest absolute Gasteiger partial charge is 0.407 e. The highest BCUT2D eigenvalue weighted by Gasteiger charge is 2.47. The topological polar surface area (TPSA) is 168 Å². The third-order valence-corrected chi connectivity index (χ3v) is 19.1. The van der Waals surface area contributed by atoms with E-state index in [1.807, 2.05) is 88.5 Å². The molecule has 0 bridgehead atoms. The summed E-state index contributed by atoms with van der Waals surface area (Å²) in [6.45, 7) is 26.7. The third kappa shape index (κ3) is 14.4. The number of carbonyl (C=O) groups is 5. The number of nitrogens with zero attached hydrogens (tertiary/aromatic N) is 1. The Morgan fingerprint density at radius 1 is 0.879 bits per heavy atom. The van der Waals surface area contributed by atoms with Crippen molar-refractivity contribution in [3.05, 3.63) is 77.5 Å². The van der Waals surface area contributed by atoms with Gasteiger partial charge in [0.25, 0.3) is 8.32 Å². The zero-order valence-electron chi connectivity index (χ0n) is 42.1. The maximum atomic E-state index is 15.0. The van der Waals surface area contributed by atoms with Crippen molar-refractivity contribution in [3.63, 3.8) is 0 Å². The fourth-order valence-electron chi connectivity index (χ4n) is 9.47. The van der Waals surface area contributed by atoms with E-state index >= 15 is 0 Å². The number of hydrogen-bond donors (Lipinski definition) is 4. The molecule has 66 heavy (non-hydrogen) atoms. The van der Waals surface area contributed by atoms with Gasteiger partial charge in [-0.15, -0.1) is 0 Å². The maximum absolute atomic E-state index is 15.0. The number of fused-ring (bicyclic) bond motifs is 1. The molecule has 2 aromatic carbocycles. The second kappa shape index (κ2) is 23.6. The number of ether oxygens (including phenoxy) is 2. The Morgan fingerprint density at radius 3 is 2.14 bits per heavy atom. The highest BCUT2D eigenvalue weighted by Crippen LogP contribution is 2.43. The molecule has 0 aliphatic carbocycles. The monoisotopic (exact) mass is 930 g/mol. The number of benzene rings is 2. The van der Waals surface area contributed by atoms with E-state index in [1.165, 1.54) is 4.90 Å². The highest BCUT2D eigenvalue weighted by atomic mass is 28.4. The molecule has 13 nitrogen and oxygen atoms in total. The number of esters is 1. The Labute approximate surface area is 395 Å². The normalized spacial score (nSPS) is 23.2. The van der Waals surface area contributed by atoms with Gasteiger partial charge in [0.15, 0.2) is 0 Å². The van der Waals surface area contributed by atoms with Gasteiger partial charge in [0.2, 0.25) is 17.7 Å². The predicted molar refractivity (Wildman–Crippen MR) is 264 cm³/mol. The van der Waals surface area contributed by atoms with Crippen molar-refractivity contribution < 1.29 is 37.9 Å². The van der Waals surface area contributed by atoms with Gasteiger partial charge < -0.3 is 39.7 Å². The second-order valence-electron chi connectivity index (χ2n) is 20.4. The van der Waals surface area contributed by atoms with E-state index in [4.69, 9.17) is 13.9 Å². The van der Waals surface area contributed by atoms with Crippen molar-refractivity contribution in [3.8, 4) is 5.75 Å². The number of rotatable bonds is 13. The van der Waals surface area contributed by atoms with Crippen LogP contribution in [0, 0.1) is 11.8 Å². The van der Waals surface area contributed by atoms with Gasteiger partial charge in [-0.2, -0.15) is 0 Å². The van der Waals surface area contributed by atoms with Crippen molar-refractivity contribution in [1.29, 1.82) is 0 Å². The molecule has 1 aliphatic rings. The number of alkyl carbamates (subject to hydrolysis) is 1. The summed E-state index contributed by atoms with van der Waals surface area (Å²) >= 11 is 0. The van der Waals surface area contributed by atoms with Crippen molar-refractivity contribution in [2.45, 2.75) is 175 Å². The van der Waals surface area contributed by atoms with Gasteiger partial charge in [0.1, 0.15) is 29.5 Å². The number of amides is 4. The zero-order valence-corrected chi connectivity index (χ0v) is 43.1. The van der Waals surface area contributed by atoms with Crippen LogP contribution in [0.2, 0.25) is 16.6 Å². The van der Waals surface area contributed by atoms with E-state index in [1.54, 1.807) is 27.8 Å². The van der Waals surface area contributed by atoms with E-state index in [0.717, 1.165) is 27.8 Å². The molecule has 0 spiro atoms. The van der Waals surface area contributed by atoms with Crippen molar-refractivity contribution in [1.82, 2.24) is 25.8 Å². The first-order valence-corrected chi connectivity index (χ1v) is 26.1. The van der Waals surface area contributed by atoms with E-state index in [-0.39, 0.29) is 31.1 Å². The Kier molecular flexibility index (Phi) is 19.1. The number of H-pyrrole nitrogens is 1. The number of allylic oxidation sites excluding steroid dienone is 1. The summed E-state index contributed by atoms with van der Waals surface area (Å²) in [5.74, 6) is -1.59. The van der Waals surface area contributed by atoms with Gasteiger partial charge in [-0.05, 0) is 106 Å². The van der Waals surface area contributed by atoms with E-state index in [9.17, 15) is 24.0 Å². The standard InChI is InChI=1S/C52H79N5O8Si/c1-32(2)66(33(3)4,34(5)6)65-41-24-22-39(23-25-41)45-30-47(58)63-38(10)36(8)27-35(7)28-37(9)48(59)55-44(21-17-18-26-53-51(62)64-52(11,12)13)50(61)57(14)46(49(60)56-45)29-40-31-54-43-20-16-15-19-42(40)43/h15-16,19-20,22-25,27,31-34,36-38,44-46,54H,17-18,21,26,28-30H2,1-14H3,(H,53,62)(H,55,59)(H,56,60)/b35-27+/t36-,37+,38-,44+,45-,46-/m1/s1. The Morgan fingerprint density at radius 2 is 1.52 bits per heavy atom. The van der Waals surface area contributed by atoms with Gasteiger partial charge in [-0.3, -0.25) is 19.2 Å². The molecule has 0 fully saturated rings. The lowest BCUT2D eigenvalue weighted by Crippen LogP contribution is -2.56. The fourth-order valence-corrected chi connectivity index (χ4v) is 14.7. The third-order valence-electron chi connectivity index (χ3n) is 13.1. The number of aromatic nitrogens is 1. The molecule has 4 N–H and O–H groups in total. The van der Waals surface area contributed by atoms with Crippen LogP contribution < -0.4 is 20.4 Å². The molecule has 14 heteroatoms. The molecule has 0 saturated carbocycles. The van der Waals surface area contributed by atoms with Gasteiger partial charge in [-0.25, -0.2) is 4.79 Å². The molecule has 0 radical (unpaired) electrons. The largest absolute Gasteiger partial charge is 0.543 e. The number of cyclic esters (lactones) is 1. The van der Waals surface area contributed by atoms with Crippen LogP contribution in [0.4, 0.5) is 4.79 Å². The lowest BCUT2D eigenvalue weighted by atomic mass is 9.95. The van der Waals surface area contributed by atoms with Crippen molar-refractivity contribution >= 4 is 49.0 Å². The van der Waals surface area contributed by atoms with Gasteiger partial charge >= 0.3 is 12.1 Å². The lowest BCUT2D eigenvalue weighted by molar-refractivity contribution is -0.150. The molecule has 0 saturated heterocycles. The Balaban J connectivity index is 1.76.